The lowest BCUT2D eigenvalue weighted by Gasteiger charge is -2.13. The van der Waals surface area contributed by atoms with Crippen LogP contribution >= 0.6 is 11.3 Å². The van der Waals surface area contributed by atoms with E-state index in [4.69, 9.17) is 0 Å². The molecular formula is C12H21N3O2S2. The molecule has 2 N–H and O–H groups in total. The first-order valence-electron chi connectivity index (χ1n) is 6.74. The predicted octanol–water partition coefficient (Wildman–Crippen LogP) is 1.76. The zero-order chi connectivity index (χ0) is 13.9. The molecule has 0 amide bonds. The number of thiazole rings is 1. The number of hydrogen-bond donors (Lipinski definition) is 2. The summed E-state index contributed by atoms with van der Waals surface area (Å²) in [5, 5.41) is 3.11. The molecular weight excluding hydrogens is 282 g/mol. The first-order chi connectivity index (χ1) is 9.03. The van der Waals surface area contributed by atoms with E-state index < -0.39 is 15.3 Å². The van der Waals surface area contributed by atoms with Gasteiger partial charge in [-0.15, -0.1) is 11.3 Å². The van der Waals surface area contributed by atoms with Gasteiger partial charge in [0.2, 0.25) is 10.0 Å². The Morgan fingerprint density at radius 1 is 1.37 bits per heavy atom. The average molecular weight is 303 g/mol. The van der Waals surface area contributed by atoms with Gasteiger partial charge in [0.15, 0.2) is 5.13 Å². The minimum absolute atomic E-state index is 0.455. The van der Waals surface area contributed by atoms with E-state index in [9.17, 15) is 8.42 Å². The Kier molecular flexibility index (Phi) is 4.81. The van der Waals surface area contributed by atoms with Crippen LogP contribution in [0.2, 0.25) is 0 Å². The highest BCUT2D eigenvalue weighted by Crippen LogP contribution is 2.30. The molecule has 108 valence electrons. The number of hydrogen-bond acceptors (Lipinski definition) is 5. The van der Waals surface area contributed by atoms with Crippen molar-refractivity contribution in [2.75, 3.05) is 17.8 Å². The zero-order valence-electron chi connectivity index (χ0n) is 11.4. The number of fused-ring (bicyclic) bond motifs is 1. The Labute approximate surface area is 118 Å². The van der Waals surface area contributed by atoms with Crippen LogP contribution < -0.4 is 10.0 Å². The topological polar surface area (TPSA) is 71.1 Å². The Morgan fingerprint density at radius 2 is 2.11 bits per heavy atom. The van der Waals surface area contributed by atoms with E-state index in [1.807, 2.05) is 6.92 Å². The molecule has 7 heteroatoms. The lowest BCUT2D eigenvalue weighted by Crippen LogP contribution is -2.34. The number of aryl methyl sites for hydroxylation is 2. The largest absolute Gasteiger partial charge is 0.316 e. The van der Waals surface area contributed by atoms with Crippen LogP contribution in [0, 0.1) is 0 Å². The Bertz CT molecular complexity index is 502. The molecule has 0 aliphatic heterocycles. The van der Waals surface area contributed by atoms with Crippen LogP contribution in [0.5, 0.6) is 0 Å². The molecule has 1 aliphatic carbocycles. The highest BCUT2D eigenvalue weighted by Gasteiger charge is 2.23. The van der Waals surface area contributed by atoms with Crippen molar-refractivity contribution in [1.29, 1.82) is 0 Å². The van der Waals surface area contributed by atoms with E-state index in [-0.39, 0.29) is 0 Å². The lowest BCUT2D eigenvalue weighted by atomic mass is 10.0. The number of aromatic nitrogens is 1. The molecule has 0 fully saturated rings. The van der Waals surface area contributed by atoms with Gasteiger partial charge in [-0.3, -0.25) is 4.72 Å². The first-order valence-corrected chi connectivity index (χ1v) is 9.10. The van der Waals surface area contributed by atoms with Crippen LogP contribution in [0.3, 0.4) is 0 Å². The summed E-state index contributed by atoms with van der Waals surface area (Å²) in [4.78, 5) is 5.65. The van der Waals surface area contributed by atoms with Gasteiger partial charge in [-0.1, -0.05) is 6.92 Å². The minimum Gasteiger partial charge on any atom is -0.316 e. The monoisotopic (exact) mass is 303 g/mol. The number of nitrogens with zero attached hydrogens (tertiary/aromatic N) is 1. The Hall–Kier alpha value is -0.660. The summed E-state index contributed by atoms with van der Waals surface area (Å²) in [6, 6.07) is 0. The standard InChI is InChI=1S/C12H21N3O2S2/c1-3-13-8-9(2)19(16,17)15-12-14-10-6-4-5-7-11(10)18-12/h9,13H,3-8H2,1-2H3,(H,14,15). The summed E-state index contributed by atoms with van der Waals surface area (Å²) >= 11 is 1.48. The summed E-state index contributed by atoms with van der Waals surface area (Å²) in [5.74, 6) is 0. The van der Waals surface area contributed by atoms with Crippen molar-refractivity contribution in [3.05, 3.63) is 10.6 Å². The molecule has 0 spiro atoms. The third-order valence-corrected chi connectivity index (χ3v) is 6.19. The minimum atomic E-state index is -3.35. The number of anilines is 1. The fourth-order valence-corrected chi connectivity index (χ4v) is 4.32. The molecule has 19 heavy (non-hydrogen) atoms. The van der Waals surface area contributed by atoms with E-state index in [0.29, 0.717) is 11.7 Å². The van der Waals surface area contributed by atoms with E-state index in [0.717, 1.165) is 31.5 Å². The van der Waals surface area contributed by atoms with E-state index in [1.54, 1.807) is 6.92 Å². The van der Waals surface area contributed by atoms with E-state index in [1.165, 1.54) is 22.6 Å². The van der Waals surface area contributed by atoms with E-state index >= 15 is 0 Å². The number of sulfonamides is 1. The zero-order valence-corrected chi connectivity index (χ0v) is 13.0. The van der Waals surface area contributed by atoms with Crippen molar-refractivity contribution in [2.24, 2.45) is 0 Å². The third kappa shape index (κ3) is 3.67. The molecule has 2 rings (SSSR count). The molecule has 0 radical (unpaired) electrons. The molecule has 1 heterocycles. The molecule has 1 aromatic heterocycles. The summed E-state index contributed by atoms with van der Waals surface area (Å²) in [6.07, 6.45) is 4.33. The van der Waals surface area contributed by atoms with E-state index in [2.05, 4.69) is 15.0 Å². The van der Waals surface area contributed by atoms with Gasteiger partial charge in [0.25, 0.3) is 0 Å². The normalized spacial score (nSPS) is 16.9. The van der Waals surface area contributed by atoms with Gasteiger partial charge in [0.1, 0.15) is 0 Å². The van der Waals surface area contributed by atoms with Gasteiger partial charge in [0, 0.05) is 11.4 Å². The van der Waals surface area contributed by atoms with Crippen molar-refractivity contribution < 1.29 is 8.42 Å². The maximum atomic E-state index is 12.1. The second kappa shape index (κ2) is 6.19. The maximum absolute atomic E-state index is 12.1. The number of rotatable bonds is 6. The van der Waals surface area contributed by atoms with Gasteiger partial charge in [0.05, 0.1) is 10.9 Å². The number of nitrogens with one attached hydrogen (secondary N) is 2. The van der Waals surface area contributed by atoms with Crippen molar-refractivity contribution >= 4 is 26.5 Å². The summed E-state index contributed by atoms with van der Waals surface area (Å²) in [6.45, 7) is 4.89. The molecule has 0 saturated carbocycles. The smallest absolute Gasteiger partial charge is 0.238 e. The highest BCUT2D eigenvalue weighted by molar-refractivity contribution is 7.93. The first kappa shape index (κ1) is 14.7. The Balaban J connectivity index is 2.05. The molecule has 1 aliphatic rings. The van der Waals surface area contributed by atoms with Gasteiger partial charge >= 0.3 is 0 Å². The summed E-state index contributed by atoms with van der Waals surface area (Å²) in [7, 11) is -3.35. The van der Waals surface area contributed by atoms with Crippen LogP contribution in [0.1, 0.15) is 37.3 Å². The average Bonchev–Trinajstić information content (AvgIpc) is 2.76. The molecule has 0 saturated heterocycles. The molecule has 1 unspecified atom stereocenters. The van der Waals surface area contributed by atoms with Crippen molar-refractivity contribution in [2.45, 2.75) is 44.8 Å². The molecule has 0 bridgehead atoms. The SMILES string of the molecule is CCNCC(C)S(=O)(=O)Nc1nc2c(s1)CCCC2. The molecule has 5 nitrogen and oxygen atoms in total. The summed E-state index contributed by atoms with van der Waals surface area (Å²) in [5.41, 5.74) is 1.08. The molecule has 1 aromatic rings. The third-order valence-electron chi connectivity index (χ3n) is 3.29. The van der Waals surface area contributed by atoms with Gasteiger partial charge in [-0.2, -0.15) is 0 Å². The molecule has 0 aromatic carbocycles. The fraction of sp³-hybridized carbons (Fsp3) is 0.750. The summed E-state index contributed by atoms with van der Waals surface area (Å²) < 4.78 is 26.9. The van der Waals surface area contributed by atoms with Crippen LogP contribution in [0.25, 0.3) is 0 Å². The lowest BCUT2D eigenvalue weighted by molar-refractivity contribution is 0.579. The van der Waals surface area contributed by atoms with Crippen molar-refractivity contribution in [3.8, 4) is 0 Å². The quantitative estimate of drug-likeness (QED) is 0.840. The second-order valence-corrected chi connectivity index (χ2v) is 8.04. The maximum Gasteiger partial charge on any atom is 0.238 e. The highest BCUT2D eigenvalue weighted by atomic mass is 32.2. The van der Waals surface area contributed by atoms with Crippen LogP contribution in [-0.4, -0.2) is 31.7 Å². The molecule has 1 atom stereocenters. The predicted molar refractivity (Wildman–Crippen MR) is 79.3 cm³/mol. The van der Waals surface area contributed by atoms with Crippen LogP contribution in [-0.2, 0) is 22.9 Å². The van der Waals surface area contributed by atoms with Crippen molar-refractivity contribution in [1.82, 2.24) is 10.3 Å². The van der Waals surface area contributed by atoms with Crippen LogP contribution in [0.15, 0.2) is 0 Å². The van der Waals surface area contributed by atoms with Gasteiger partial charge in [-0.25, -0.2) is 13.4 Å². The van der Waals surface area contributed by atoms with Crippen LogP contribution in [0.4, 0.5) is 5.13 Å². The second-order valence-electron chi connectivity index (χ2n) is 4.86. The van der Waals surface area contributed by atoms with Gasteiger partial charge in [-0.05, 0) is 39.2 Å². The van der Waals surface area contributed by atoms with Gasteiger partial charge < -0.3 is 5.32 Å². The Morgan fingerprint density at radius 3 is 2.79 bits per heavy atom. The van der Waals surface area contributed by atoms with Crippen molar-refractivity contribution in [3.63, 3.8) is 0 Å². The fourth-order valence-electron chi connectivity index (χ4n) is 2.08.